The molecule has 110 valence electrons. The average molecular weight is 372 g/mol. The van der Waals surface area contributed by atoms with Crippen molar-refractivity contribution in [2.75, 3.05) is 13.2 Å². The largest absolute Gasteiger partial charge is 0.490 e. The van der Waals surface area contributed by atoms with Crippen LogP contribution < -0.4 is 9.47 Å². The Hall–Kier alpha value is -1.72. The van der Waals surface area contributed by atoms with Gasteiger partial charge < -0.3 is 14.6 Å². The van der Waals surface area contributed by atoms with Gasteiger partial charge in [-0.1, -0.05) is 27.5 Å². The van der Waals surface area contributed by atoms with Gasteiger partial charge in [-0.15, -0.1) is 0 Å². The van der Waals surface area contributed by atoms with Crippen LogP contribution in [0.2, 0.25) is 5.02 Å². The number of rotatable bonds is 6. The van der Waals surface area contributed by atoms with Crippen molar-refractivity contribution >= 4 is 33.5 Å². The molecule has 1 N–H and O–H groups in total. The number of hydrogen-bond acceptors (Lipinski definition) is 3. The summed E-state index contributed by atoms with van der Waals surface area (Å²) in [6.07, 6.45) is 0. The van der Waals surface area contributed by atoms with Gasteiger partial charge in [0.2, 0.25) is 0 Å². The summed E-state index contributed by atoms with van der Waals surface area (Å²) in [4.78, 5) is 11.1. The lowest BCUT2D eigenvalue weighted by Gasteiger charge is -2.10. The molecule has 2 aromatic rings. The lowest BCUT2D eigenvalue weighted by atomic mass is 10.2. The maximum Gasteiger partial charge on any atom is 0.339 e. The monoisotopic (exact) mass is 370 g/mol. The number of hydrogen-bond donors (Lipinski definition) is 1. The van der Waals surface area contributed by atoms with Crippen LogP contribution in [-0.4, -0.2) is 24.3 Å². The van der Waals surface area contributed by atoms with E-state index in [1.165, 1.54) is 6.07 Å². The third-order valence-electron chi connectivity index (χ3n) is 2.60. The van der Waals surface area contributed by atoms with Gasteiger partial charge in [0.25, 0.3) is 0 Å². The summed E-state index contributed by atoms with van der Waals surface area (Å²) in [5.41, 5.74) is 0.107. The summed E-state index contributed by atoms with van der Waals surface area (Å²) in [7, 11) is 0. The molecule has 6 heteroatoms. The van der Waals surface area contributed by atoms with Crippen molar-refractivity contribution in [1.29, 1.82) is 0 Å². The van der Waals surface area contributed by atoms with Gasteiger partial charge in [0, 0.05) is 9.50 Å². The highest BCUT2D eigenvalue weighted by Crippen LogP contribution is 2.23. The second-order valence-electron chi connectivity index (χ2n) is 4.10. The highest BCUT2D eigenvalue weighted by Gasteiger charge is 2.11. The van der Waals surface area contributed by atoms with Crippen LogP contribution in [0.25, 0.3) is 0 Å². The van der Waals surface area contributed by atoms with E-state index in [2.05, 4.69) is 15.9 Å². The third kappa shape index (κ3) is 4.65. The third-order valence-corrected chi connectivity index (χ3v) is 3.34. The molecule has 4 nitrogen and oxygen atoms in total. The van der Waals surface area contributed by atoms with Gasteiger partial charge in [-0.25, -0.2) is 4.79 Å². The zero-order valence-electron chi connectivity index (χ0n) is 10.9. The number of ether oxygens (including phenoxy) is 2. The Morgan fingerprint density at radius 1 is 1.10 bits per heavy atom. The normalized spacial score (nSPS) is 10.2. The molecule has 0 saturated heterocycles. The molecule has 0 radical (unpaired) electrons. The van der Waals surface area contributed by atoms with E-state index in [1.54, 1.807) is 36.4 Å². The van der Waals surface area contributed by atoms with Crippen LogP contribution in [-0.2, 0) is 0 Å². The Morgan fingerprint density at radius 3 is 2.43 bits per heavy atom. The summed E-state index contributed by atoms with van der Waals surface area (Å²) in [6.45, 7) is 0.543. The summed E-state index contributed by atoms with van der Waals surface area (Å²) >= 11 is 9.00. The highest BCUT2D eigenvalue weighted by molar-refractivity contribution is 9.10. The molecule has 0 spiro atoms. The number of carboxylic acid groups (broad SMARTS) is 1. The van der Waals surface area contributed by atoms with E-state index in [9.17, 15) is 4.79 Å². The molecule has 0 aliphatic rings. The van der Waals surface area contributed by atoms with Crippen molar-refractivity contribution in [2.45, 2.75) is 0 Å². The van der Waals surface area contributed by atoms with Crippen molar-refractivity contribution < 1.29 is 19.4 Å². The van der Waals surface area contributed by atoms with E-state index in [0.717, 1.165) is 0 Å². The summed E-state index contributed by atoms with van der Waals surface area (Å²) < 4.78 is 11.6. The Labute approximate surface area is 135 Å². The van der Waals surface area contributed by atoms with E-state index >= 15 is 0 Å². The molecule has 0 unspecified atom stereocenters. The Bertz CT molecular complexity index is 628. The molecule has 0 bridgehead atoms. The Morgan fingerprint density at radius 2 is 1.76 bits per heavy atom. The van der Waals surface area contributed by atoms with Crippen LogP contribution in [0.5, 0.6) is 11.5 Å². The van der Waals surface area contributed by atoms with E-state index in [-0.39, 0.29) is 12.2 Å². The van der Waals surface area contributed by atoms with Crippen LogP contribution in [0, 0.1) is 0 Å². The maximum atomic E-state index is 11.1. The number of benzene rings is 2. The van der Waals surface area contributed by atoms with Crippen LogP contribution in [0.15, 0.2) is 46.9 Å². The van der Waals surface area contributed by atoms with E-state index < -0.39 is 5.97 Å². The number of carboxylic acids is 1. The maximum absolute atomic E-state index is 11.1. The van der Waals surface area contributed by atoms with Crippen molar-refractivity contribution in [3.63, 3.8) is 0 Å². The molecule has 2 aromatic carbocycles. The summed E-state index contributed by atoms with van der Waals surface area (Å²) in [5.74, 6) is -0.0485. The molecule has 0 heterocycles. The lowest BCUT2D eigenvalue weighted by molar-refractivity contribution is 0.0691. The van der Waals surface area contributed by atoms with Crippen molar-refractivity contribution in [2.24, 2.45) is 0 Å². The SMILES string of the molecule is O=C(O)c1cc(Br)ccc1OCCOc1ccc(Cl)cc1. The molecular formula is C15H12BrClO4. The average Bonchev–Trinajstić information content (AvgIpc) is 2.46. The van der Waals surface area contributed by atoms with E-state index in [0.29, 0.717) is 27.6 Å². The second-order valence-corrected chi connectivity index (χ2v) is 5.45. The van der Waals surface area contributed by atoms with Gasteiger partial charge in [0.15, 0.2) is 0 Å². The number of aromatic carboxylic acids is 1. The fourth-order valence-corrected chi connectivity index (χ4v) is 2.12. The van der Waals surface area contributed by atoms with Crippen LogP contribution >= 0.6 is 27.5 Å². The molecule has 0 saturated carbocycles. The second kappa shape index (κ2) is 7.33. The molecule has 21 heavy (non-hydrogen) atoms. The minimum Gasteiger partial charge on any atom is -0.490 e. The molecule has 2 rings (SSSR count). The topological polar surface area (TPSA) is 55.8 Å². The fraction of sp³-hybridized carbons (Fsp3) is 0.133. The quantitative estimate of drug-likeness (QED) is 0.771. The first-order valence-electron chi connectivity index (χ1n) is 6.10. The first-order valence-corrected chi connectivity index (χ1v) is 7.27. The fourth-order valence-electron chi connectivity index (χ4n) is 1.64. The Balaban J connectivity index is 1.89. The zero-order chi connectivity index (χ0) is 15.2. The molecule has 0 aliphatic carbocycles. The molecular weight excluding hydrogens is 360 g/mol. The van der Waals surface area contributed by atoms with E-state index in [1.807, 2.05) is 0 Å². The number of halogens is 2. The molecule has 0 atom stereocenters. The van der Waals surface area contributed by atoms with Gasteiger partial charge in [-0.3, -0.25) is 0 Å². The van der Waals surface area contributed by atoms with E-state index in [4.69, 9.17) is 26.2 Å². The van der Waals surface area contributed by atoms with Gasteiger partial charge >= 0.3 is 5.97 Å². The predicted octanol–water partition coefficient (Wildman–Crippen LogP) is 4.26. The Kier molecular flexibility index (Phi) is 5.47. The van der Waals surface area contributed by atoms with Crippen molar-refractivity contribution in [1.82, 2.24) is 0 Å². The van der Waals surface area contributed by atoms with Gasteiger partial charge in [-0.05, 0) is 42.5 Å². The standard InChI is InChI=1S/C15H12BrClO4/c16-10-1-6-14(13(9-10)15(18)19)21-8-7-20-12-4-2-11(17)3-5-12/h1-6,9H,7-8H2,(H,18,19). The summed E-state index contributed by atoms with van der Waals surface area (Å²) in [6, 6.07) is 11.8. The van der Waals surface area contributed by atoms with Gasteiger partial charge in [-0.2, -0.15) is 0 Å². The van der Waals surface area contributed by atoms with Crippen molar-refractivity contribution in [3.8, 4) is 11.5 Å². The summed E-state index contributed by atoms with van der Waals surface area (Å²) in [5, 5.41) is 9.74. The highest BCUT2D eigenvalue weighted by atomic mass is 79.9. The van der Waals surface area contributed by atoms with Gasteiger partial charge in [0.1, 0.15) is 30.3 Å². The van der Waals surface area contributed by atoms with Crippen LogP contribution in [0.4, 0.5) is 0 Å². The van der Waals surface area contributed by atoms with Gasteiger partial charge in [0.05, 0.1) is 0 Å². The first kappa shape index (κ1) is 15.7. The minimum atomic E-state index is -1.04. The van der Waals surface area contributed by atoms with Crippen LogP contribution in [0.1, 0.15) is 10.4 Å². The molecule has 0 aliphatic heterocycles. The minimum absolute atomic E-state index is 0.107. The first-order chi connectivity index (χ1) is 10.1. The zero-order valence-corrected chi connectivity index (χ0v) is 13.2. The predicted molar refractivity (Wildman–Crippen MR) is 83.5 cm³/mol. The molecule has 0 aromatic heterocycles. The number of carbonyl (C=O) groups is 1. The molecule has 0 fully saturated rings. The van der Waals surface area contributed by atoms with Crippen molar-refractivity contribution in [3.05, 3.63) is 57.5 Å². The lowest BCUT2D eigenvalue weighted by Crippen LogP contribution is -2.11. The van der Waals surface area contributed by atoms with Crippen LogP contribution in [0.3, 0.4) is 0 Å². The molecule has 0 amide bonds. The smallest absolute Gasteiger partial charge is 0.339 e.